The van der Waals surface area contributed by atoms with E-state index in [4.69, 9.17) is 0 Å². The van der Waals surface area contributed by atoms with Crippen LogP contribution in [-0.4, -0.2) is 34.6 Å². The third kappa shape index (κ3) is 4.00. The van der Waals surface area contributed by atoms with E-state index in [1.54, 1.807) is 4.57 Å². The van der Waals surface area contributed by atoms with Crippen LogP contribution in [0.3, 0.4) is 0 Å². The summed E-state index contributed by atoms with van der Waals surface area (Å²) in [5, 5.41) is 2.88. The molecule has 1 aliphatic heterocycles. The lowest BCUT2D eigenvalue weighted by Crippen LogP contribution is -2.38. The van der Waals surface area contributed by atoms with Gasteiger partial charge >= 0.3 is 0 Å². The Morgan fingerprint density at radius 1 is 1.20 bits per heavy atom. The van der Waals surface area contributed by atoms with E-state index in [0.717, 1.165) is 37.0 Å². The first kappa shape index (κ1) is 17.5. The molecule has 0 bridgehead atoms. The third-order valence-corrected chi connectivity index (χ3v) is 4.50. The van der Waals surface area contributed by atoms with Gasteiger partial charge in [-0.05, 0) is 45.2 Å². The molecule has 0 unspecified atom stereocenters. The van der Waals surface area contributed by atoms with Crippen molar-refractivity contribution >= 4 is 22.8 Å². The minimum absolute atomic E-state index is 0.0395. The van der Waals surface area contributed by atoms with Crippen LogP contribution in [0.4, 0.5) is 5.82 Å². The fourth-order valence-electron chi connectivity index (χ4n) is 3.32. The number of amides is 1. The van der Waals surface area contributed by atoms with Gasteiger partial charge in [-0.25, -0.2) is 4.98 Å². The van der Waals surface area contributed by atoms with Crippen LogP contribution in [0.1, 0.15) is 39.5 Å². The van der Waals surface area contributed by atoms with Gasteiger partial charge in [0, 0.05) is 32.1 Å². The van der Waals surface area contributed by atoms with Crippen LogP contribution in [0, 0.1) is 0 Å². The van der Waals surface area contributed by atoms with Gasteiger partial charge in [0.1, 0.15) is 0 Å². The Morgan fingerprint density at radius 2 is 1.92 bits per heavy atom. The van der Waals surface area contributed by atoms with Crippen LogP contribution in [0.2, 0.25) is 0 Å². The summed E-state index contributed by atoms with van der Waals surface area (Å²) in [6.07, 6.45) is 3.66. The number of benzene rings is 1. The number of piperidine rings is 1. The molecule has 1 amide bonds. The molecule has 1 saturated heterocycles. The molecule has 2 aromatic rings. The van der Waals surface area contributed by atoms with Crippen molar-refractivity contribution in [2.24, 2.45) is 0 Å². The summed E-state index contributed by atoms with van der Waals surface area (Å²) in [4.78, 5) is 31.8. The second kappa shape index (κ2) is 7.68. The zero-order valence-electron chi connectivity index (χ0n) is 15.0. The van der Waals surface area contributed by atoms with Gasteiger partial charge < -0.3 is 14.8 Å². The largest absolute Gasteiger partial charge is 0.354 e. The van der Waals surface area contributed by atoms with E-state index in [1.807, 2.05) is 38.1 Å². The highest BCUT2D eigenvalue weighted by molar-refractivity contribution is 5.78. The first-order valence-electron chi connectivity index (χ1n) is 9.10. The average Bonchev–Trinajstić information content (AvgIpc) is 2.60. The van der Waals surface area contributed by atoms with Crippen LogP contribution >= 0.6 is 0 Å². The minimum Gasteiger partial charge on any atom is -0.354 e. The fraction of sp³-hybridized carbons (Fsp3) is 0.526. The zero-order valence-corrected chi connectivity index (χ0v) is 15.0. The van der Waals surface area contributed by atoms with E-state index in [1.165, 1.54) is 6.42 Å². The van der Waals surface area contributed by atoms with Crippen molar-refractivity contribution in [2.75, 3.05) is 18.0 Å². The van der Waals surface area contributed by atoms with Crippen LogP contribution in [0.25, 0.3) is 11.0 Å². The highest BCUT2D eigenvalue weighted by atomic mass is 16.2. The van der Waals surface area contributed by atoms with Gasteiger partial charge in [-0.3, -0.25) is 9.59 Å². The first-order chi connectivity index (χ1) is 12.1. The van der Waals surface area contributed by atoms with Crippen molar-refractivity contribution in [2.45, 2.75) is 52.1 Å². The number of carbonyl (C=O) groups excluding carboxylic acids is 1. The van der Waals surface area contributed by atoms with Crippen molar-refractivity contribution in [3.8, 4) is 0 Å². The summed E-state index contributed by atoms with van der Waals surface area (Å²) in [6, 6.07) is 7.74. The lowest BCUT2D eigenvalue weighted by Gasteiger charge is -2.28. The smallest absolute Gasteiger partial charge is 0.294 e. The van der Waals surface area contributed by atoms with Crippen molar-refractivity contribution in [1.82, 2.24) is 14.9 Å². The number of hydrogen-bond acceptors (Lipinski definition) is 4. The normalized spacial score (nSPS) is 14.9. The quantitative estimate of drug-likeness (QED) is 0.905. The number of aromatic nitrogens is 2. The Bertz CT molecular complexity index is 807. The molecule has 0 saturated carbocycles. The summed E-state index contributed by atoms with van der Waals surface area (Å²) in [7, 11) is 0. The highest BCUT2D eigenvalue weighted by Crippen LogP contribution is 2.18. The zero-order chi connectivity index (χ0) is 17.8. The van der Waals surface area contributed by atoms with Crippen LogP contribution in [-0.2, 0) is 11.3 Å². The summed E-state index contributed by atoms with van der Waals surface area (Å²) in [5.41, 5.74) is 1.48. The van der Waals surface area contributed by atoms with Crippen molar-refractivity contribution in [1.29, 1.82) is 0 Å². The van der Waals surface area contributed by atoms with Crippen molar-refractivity contribution < 1.29 is 4.79 Å². The van der Waals surface area contributed by atoms with E-state index < -0.39 is 0 Å². The summed E-state index contributed by atoms with van der Waals surface area (Å²) in [5.74, 6) is 0.477. The van der Waals surface area contributed by atoms with Crippen LogP contribution in [0.15, 0.2) is 29.1 Å². The first-order valence-corrected chi connectivity index (χ1v) is 9.10. The van der Waals surface area contributed by atoms with E-state index in [-0.39, 0.29) is 23.9 Å². The number of nitrogens with zero attached hydrogens (tertiary/aromatic N) is 3. The maximum Gasteiger partial charge on any atom is 0.294 e. The number of carbonyl (C=O) groups is 1. The summed E-state index contributed by atoms with van der Waals surface area (Å²) in [6.45, 7) is 5.96. The molecule has 25 heavy (non-hydrogen) atoms. The molecule has 6 heteroatoms. The molecule has 0 spiro atoms. The predicted octanol–water partition coefficient (Wildman–Crippen LogP) is 2.30. The summed E-state index contributed by atoms with van der Waals surface area (Å²) >= 11 is 0. The molecule has 3 rings (SSSR count). The second-order valence-corrected chi connectivity index (χ2v) is 6.90. The Kier molecular flexibility index (Phi) is 5.36. The molecular formula is C19H26N4O2. The van der Waals surface area contributed by atoms with Crippen molar-refractivity contribution in [3.05, 3.63) is 34.6 Å². The molecule has 0 aliphatic carbocycles. The third-order valence-electron chi connectivity index (χ3n) is 4.50. The molecular weight excluding hydrogens is 316 g/mol. The molecule has 0 radical (unpaired) electrons. The lowest BCUT2D eigenvalue weighted by molar-refractivity contribution is -0.121. The van der Waals surface area contributed by atoms with Gasteiger partial charge in [0.05, 0.1) is 11.0 Å². The van der Waals surface area contributed by atoms with E-state index >= 15 is 0 Å². The monoisotopic (exact) mass is 342 g/mol. The molecule has 2 heterocycles. The number of nitrogens with one attached hydrogen (secondary N) is 1. The van der Waals surface area contributed by atoms with Gasteiger partial charge in [0.2, 0.25) is 5.91 Å². The lowest BCUT2D eigenvalue weighted by atomic mass is 10.1. The molecule has 1 N–H and O–H groups in total. The number of hydrogen-bond donors (Lipinski definition) is 1. The Hall–Kier alpha value is -2.37. The van der Waals surface area contributed by atoms with Gasteiger partial charge in [0.15, 0.2) is 5.82 Å². The molecule has 1 fully saturated rings. The SMILES string of the molecule is CC(C)NC(=O)CCn1c(=O)c(N2CCCCC2)nc2ccccc21. The number of rotatable bonds is 5. The average molecular weight is 342 g/mol. The molecule has 1 aromatic carbocycles. The van der Waals surface area contributed by atoms with Gasteiger partial charge in [-0.2, -0.15) is 0 Å². The summed E-state index contributed by atoms with van der Waals surface area (Å²) < 4.78 is 1.70. The van der Waals surface area contributed by atoms with Crippen LogP contribution in [0.5, 0.6) is 0 Å². The van der Waals surface area contributed by atoms with Gasteiger partial charge in [0.25, 0.3) is 5.56 Å². The molecule has 134 valence electrons. The van der Waals surface area contributed by atoms with E-state index in [0.29, 0.717) is 12.4 Å². The van der Waals surface area contributed by atoms with Gasteiger partial charge in [-0.15, -0.1) is 0 Å². The maximum absolute atomic E-state index is 13.0. The highest BCUT2D eigenvalue weighted by Gasteiger charge is 2.19. The standard InChI is InChI=1S/C19H26N4O2/c1-14(2)20-17(24)10-13-23-16-9-5-4-8-15(16)21-18(19(23)25)22-11-6-3-7-12-22/h4-5,8-9,14H,3,6-7,10-13H2,1-2H3,(H,20,24). The van der Waals surface area contributed by atoms with Crippen molar-refractivity contribution in [3.63, 3.8) is 0 Å². The maximum atomic E-state index is 13.0. The minimum atomic E-state index is -0.0991. The number of para-hydroxylation sites is 2. The number of anilines is 1. The molecule has 0 atom stereocenters. The molecule has 6 nitrogen and oxygen atoms in total. The molecule has 1 aliphatic rings. The second-order valence-electron chi connectivity index (χ2n) is 6.90. The van der Waals surface area contributed by atoms with E-state index in [2.05, 4.69) is 15.2 Å². The van der Waals surface area contributed by atoms with E-state index in [9.17, 15) is 9.59 Å². The Labute approximate surface area is 147 Å². The molecule has 1 aromatic heterocycles. The fourth-order valence-corrected chi connectivity index (χ4v) is 3.32. The Balaban J connectivity index is 1.95. The Morgan fingerprint density at radius 3 is 2.64 bits per heavy atom. The number of aryl methyl sites for hydroxylation is 1. The predicted molar refractivity (Wildman–Crippen MR) is 100.0 cm³/mol. The topological polar surface area (TPSA) is 67.2 Å². The number of fused-ring (bicyclic) bond motifs is 1. The van der Waals surface area contributed by atoms with Crippen LogP contribution < -0.4 is 15.8 Å². The van der Waals surface area contributed by atoms with Gasteiger partial charge in [-0.1, -0.05) is 12.1 Å².